The SMILES string of the molecule is CS(=O)(=O)Cc1ccc(Nc2ncc(Cl)c(Nc3cccnc3C(N)=O)n2)cc1.Cl. The highest BCUT2D eigenvalue weighted by Crippen LogP contribution is 2.26. The zero-order valence-corrected chi connectivity index (χ0v) is 18.1. The van der Waals surface area contributed by atoms with Crippen LogP contribution in [-0.4, -0.2) is 35.5 Å². The number of nitrogens with two attached hydrogens (primary N) is 1. The monoisotopic (exact) mass is 468 g/mol. The lowest BCUT2D eigenvalue weighted by Crippen LogP contribution is -2.15. The molecular weight excluding hydrogens is 451 g/mol. The number of nitrogens with one attached hydrogen (secondary N) is 2. The average molecular weight is 469 g/mol. The molecule has 1 amide bonds. The molecule has 9 nitrogen and oxygen atoms in total. The zero-order chi connectivity index (χ0) is 21.0. The summed E-state index contributed by atoms with van der Waals surface area (Å²) < 4.78 is 22.7. The van der Waals surface area contributed by atoms with Gasteiger partial charge in [-0.25, -0.2) is 18.4 Å². The Hall–Kier alpha value is -2.95. The van der Waals surface area contributed by atoms with Gasteiger partial charge >= 0.3 is 0 Å². The van der Waals surface area contributed by atoms with Gasteiger partial charge in [0.2, 0.25) is 5.95 Å². The van der Waals surface area contributed by atoms with Gasteiger partial charge in [-0.05, 0) is 29.8 Å². The maximum Gasteiger partial charge on any atom is 0.269 e. The molecule has 0 bridgehead atoms. The number of pyridine rings is 1. The molecule has 0 aliphatic heterocycles. The molecule has 0 saturated heterocycles. The molecule has 3 rings (SSSR count). The predicted molar refractivity (Wildman–Crippen MR) is 119 cm³/mol. The van der Waals surface area contributed by atoms with Crippen LogP contribution in [0.4, 0.5) is 23.1 Å². The Morgan fingerprint density at radius 3 is 2.47 bits per heavy atom. The van der Waals surface area contributed by atoms with Crippen LogP contribution in [0, 0.1) is 0 Å². The number of hydrogen-bond donors (Lipinski definition) is 3. The van der Waals surface area contributed by atoms with E-state index in [0.717, 1.165) is 0 Å². The molecule has 3 aromatic rings. The second kappa shape index (κ2) is 9.70. The van der Waals surface area contributed by atoms with Crippen LogP contribution in [0.15, 0.2) is 48.8 Å². The number of benzene rings is 1. The molecule has 0 saturated carbocycles. The summed E-state index contributed by atoms with van der Waals surface area (Å²) in [5, 5.41) is 6.17. The molecule has 158 valence electrons. The lowest BCUT2D eigenvalue weighted by molar-refractivity contribution is 0.0996. The fourth-order valence-corrected chi connectivity index (χ4v) is 3.40. The number of primary amides is 1. The Morgan fingerprint density at radius 2 is 1.83 bits per heavy atom. The van der Waals surface area contributed by atoms with Crippen molar-refractivity contribution in [1.29, 1.82) is 0 Å². The number of anilines is 4. The zero-order valence-electron chi connectivity index (χ0n) is 15.7. The lowest BCUT2D eigenvalue weighted by Gasteiger charge is -2.12. The Labute approximate surface area is 184 Å². The highest BCUT2D eigenvalue weighted by atomic mass is 35.5. The maximum absolute atomic E-state index is 11.5. The molecule has 1 aromatic carbocycles. The van der Waals surface area contributed by atoms with Gasteiger partial charge in [-0.15, -0.1) is 12.4 Å². The highest BCUT2D eigenvalue weighted by Gasteiger charge is 2.13. The van der Waals surface area contributed by atoms with Crippen LogP contribution in [0.1, 0.15) is 16.1 Å². The van der Waals surface area contributed by atoms with Crippen molar-refractivity contribution >= 4 is 62.9 Å². The molecule has 0 aliphatic rings. The van der Waals surface area contributed by atoms with Gasteiger partial charge in [-0.3, -0.25) is 4.79 Å². The summed E-state index contributed by atoms with van der Waals surface area (Å²) in [5.74, 6) is -0.219. The van der Waals surface area contributed by atoms with Gasteiger partial charge in [0, 0.05) is 18.1 Å². The number of nitrogens with zero attached hydrogens (tertiary/aromatic N) is 3. The maximum atomic E-state index is 11.5. The first-order valence-electron chi connectivity index (χ1n) is 8.29. The second-order valence-electron chi connectivity index (χ2n) is 6.17. The van der Waals surface area contributed by atoms with Crippen molar-refractivity contribution in [3.63, 3.8) is 0 Å². The normalized spacial score (nSPS) is 10.7. The number of sulfone groups is 1. The molecule has 0 fully saturated rings. The van der Waals surface area contributed by atoms with Gasteiger partial charge in [-0.2, -0.15) is 4.98 Å². The molecule has 0 radical (unpaired) electrons. The van der Waals surface area contributed by atoms with E-state index in [1.807, 2.05) is 0 Å². The molecule has 12 heteroatoms. The smallest absolute Gasteiger partial charge is 0.269 e. The van der Waals surface area contributed by atoms with Crippen LogP contribution >= 0.6 is 24.0 Å². The van der Waals surface area contributed by atoms with Crippen LogP contribution in [0.5, 0.6) is 0 Å². The minimum absolute atomic E-state index is 0. The summed E-state index contributed by atoms with van der Waals surface area (Å²) in [7, 11) is -3.10. The standard InChI is InChI=1S/C18H17ClN6O3S.ClH/c1-29(27,28)10-11-4-6-12(7-5-11)23-18-22-9-13(19)17(25-18)24-14-3-2-8-21-15(14)16(20)26;/h2-9H,10H2,1H3,(H2,20,26)(H2,22,23,24,25);1H. The first-order chi connectivity index (χ1) is 13.7. The summed E-state index contributed by atoms with van der Waals surface area (Å²) in [6, 6.07) is 10.1. The molecule has 0 aliphatic carbocycles. The predicted octanol–water partition coefficient (Wildman–Crippen LogP) is 3.08. The topological polar surface area (TPSA) is 140 Å². The van der Waals surface area contributed by atoms with Crippen molar-refractivity contribution < 1.29 is 13.2 Å². The molecule has 2 aromatic heterocycles. The fraction of sp³-hybridized carbons (Fsp3) is 0.111. The molecule has 0 spiro atoms. The Kier molecular flexibility index (Phi) is 7.54. The van der Waals surface area contributed by atoms with Crippen molar-refractivity contribution in [2.45, 2.75) is 5.75 Å². The second-order valence-corrected chi connectivity index (χ2v) is 8.72. The van der Waals surface area contributed by atoms with E-state index in [1.165, 1.54) is 18.6 Å². The van der Waals surface area contributed by atoms with Crippen LogP contribution in [-0.2, 0) is 15.6 Å². The van der Waals surface area contributed by atoms with Gasteiger partial charge in [-0.1, -0.05) is 23.7 Å². The van der Waals surface area contributed by atoms with Gasteiger partial charge in [0.15, 0.2) is 21.3 Å². The Bertz CT molecular complexity index is 1160. The van der Waals surface area contributed by atoms with E-state index < -0.39 is 15.7 Å². The summed E-state index contributed by atoms with van der Waals surface area (Å²) in [6.07, 6.45) is 4.03. The van der Waals surface area contributed by atoms with E-state index >= 15 is 0 Å². The van der Waals surface area contributed by atoms with E-state index in [9.17, 15) is 13.2 Å². The van der Waals surface area contributed by atoms with Crippen molar-refractivity contribution in [2.24, 2.45) is 5.73 Å². The van der Waals surface area contributed by atoms with Crippen LogP contribution in [0.3, 0.4) is 0 Å². The molecular formula is C18H18Cl2N6O3S. The Balaban J connectivity index is 0.00000320. The van der Waals surface area contributed by atoms with E-state index in [1.54, 1.807) is 36.4 Å². The van der Waals surface area contributed by atoms with Crippen molar-refractivity contribution in [3.05, 3.63) is 65.1 Å². The summed E-state index contributed by atoms with van der Waals surface area (Å²) >= 11 is 6.15. The fourth-order valence-electron chi connectivity index (χ4n) is 2.46. The number of halogens is 2. The summed E-state index contributed by atoms with van der Waals surface area (Å²) in [4.78, 5) is 23.9. The van der Waals surface area contributed by atoms with Gasteiger partial charge in [0.05, 0.1) is 17.6 Å². The summed E-state index contributed by atoms with van der Waals surface area (Å²) in [5.41, 5.74) is 7.08. The summed E-state index contributed by atoms with van der Waals surface area (Å²) in [6.45, 7) is 0. The number of amides is 1. The molecule has 30 heavy (non-hydrogen) atoms. The van der Waals surface area contributed by atoms with Gasteiger partial charge in [0.1, 0.15) is 5.02 Å². The molecule has 2 heterocycles. The number of carbonyl (C=O) groups excluding carboxylic acids is 1. The third kappa shape index (κ3) is 6.28. The van der Waals surface area contributed by atoms with Crippen LogP contribution in [0.2, 0.25) is 5.02 Å². The van der Waals surface area contributed by atoms with E-state index in [-0.39, 0.29) is 40.6 Å². The van der Waals surface area contributed by atoms with Gasteiger partial charge in [0.25, 0.3) is 5.91 Å². The Morgan fingerprint density at radius 1 is 1.13 bits per heavy atom. The van der Waals surface area contributed by atoms with Crippen LogP contribution in [0.25, 0.3) is 0 Å². The van der Waals surface area contributed by atoms with Crippen molar-refractivity contribution in [3.8, 4) is 0 Å². The van der Waals surface area contributed by atoms with Gasteiger partial charge < -0.3 is 16.4 Å². The van der Waals surface area contributed by atoms with Crippen molar-refractivity contribution in [1.82, 2.24) is 15.0 Å². The number of aromatic nitrogens is 3. The third-order valence-corrected chi connectivity index (χ3v) is 4.81. The average Bonchev–Trinajstić information content (AvgIpc) is 2.65. The molecule has 0 atom stereocenters. The first-order valence-corrected chi connectivity index (χ1v) is 10.7. The van der Waals surface area contributed by atoms with Crippen molar-refractivity contribution in [2.75, 3.05) is 16.9 Å². The third-order valence-electron chi connectivity index (χ3n) is 3.68. The largest absolute Gasteiger partial charge is 0.364 e. The van der Waals surface area contributed by atoms with Crippen LogP contribution < -0.4 is 16.4 Å². The minimum atomic E-state index is -3.10. The lowest BCUT2D eigenvalue weighted by atomic mass is 10.2. The number of rotatable bonds is 7. The van der Waals surface area contributed by atoms with E-state index in [2.05, 4.69) is 25.6 Å². The minimum Gasteiger partial charge on any atom is -0.364 e. The van der Waals surface area contributed by atoms with E-state index in [0.29, 0.717) is 16.9 Å². The molecule has 4 N–H and O–H groups in total. The van der Waals surface area contributed by atoms with E-state index in [4.69, 9.17) is 17.3 Å². The quantitative estimate of drug-likeness (QED) is 0.480. The highest BCUT2D eigenvalue weighted by molar-refractivity contribution is 7.89. The number of hydrogen-bond acceptors (Lipinski definition) is 8. The number of carbonyl (C=O) groups is 1. The molecule has 0 unspecified atom stereocenters. The first kappa shape index (κ1) is 23.3.